The molecule has 3 aromatic heterocycles. The quantitative estimate of drug-likeness (QED) is 0.528. The molecular weight excluding hydrogens is 322 g/mol. The highest BCUT2D eigenvalue weighted by atomic mass is 35.5. The second kappa shape index (κ2) is 5.81. The maximum absolute atomic E-state index is 12.0. The first-order chi connectivity index (χ1) is 10.9. The van der Waals surface area contributed by atoms with Crippen LogP contribution >= 0.6 is 11.6 Å². The van der Waals surface area contributed by atoms with Crippen LogP contribution in [0.3, 0.4) is 0 Å². The molecule has 0 atom stereocenters. The molecule has 0 unspecified atom stereocenters. The second-order valence-corrected chi connectivity index (χ2v) is 5.29. The third kappa shape index (κ3) is 3.07. The first kappa shape index (κ1) is 15.2. The molecule has 0 saturated carbocycles. The van der Waals surface area contributed by atoms with Gasteiger partial charge in [-0.1, -0.05) is 17.7 Å². The molecule has 0 bridgehead atoms. The van der Waals surface area contributed by atoms with Gasteiger partial charge in [0.2, 0.25) is 5.78 Å². The molecule has 0 radical (unpaired) electrons. The molecule has 0 aliphatic carbocycles. The summed E-state index contributed by atoms with van der Waals surface area (Å²) in [4.78, 5) is 31.2. The van der Waals surface area contributed by atoms with Crippen molar-refractivity contribution in [3.05, 3.63) is 51.2 Å². The Bertz CT molecular complexity index is 945. The van der Waals surface area contributed by atoms with Gasteiger partial charge in [-0.3, -0.25) is 9.59 Å². The van der Waals surface area contributed by atoms with Crippen LogP contribution in [0.1, 0.15) is 18.2 Å². The third-order valence-corrected chi connectivity index (χ3v) is 3.37. The number of rotatable bonds is 3. The van der Waals surface area contributed by atoms with E-state index in [2.05, 4.69) is 15.1 Å². The van der Waals surface area contributed by atoms with Gasteiger partial charge in [0.25, 0.3) is 5.56 Å². The summed E-state index contributed by atoms with van der Waals surface area (Å²) in [6.45, 7) is 3.44. The van der Waals surface area contributed by atoms with Crippen molar-refractivity contribution in [3.8, 4) is 6.01 Å². The fourth-order valence-electron chi connectivity index (χ4n) is 2.13. The molecular formula is C14H12ClN5O3. The number of carbonyl (C=O) groups is 1. The van der Waals surface area contributed by atoms with Gasteiger partial charge in [-0.15, -0.1) is 5.10 Å². The van der Waals surface area contributed by atoms with E-state index in [1.165, 1.54) is 13.0 Å². The number of fused-ring (bicyclic) bond motifs is 1. The Morgan fingerprint density at radius 1 is 1.39 bits per heavy atom. The molecule has 0 aliphatic rings. The van der Waals surface area contributed by atoms with Crippen LogP contribution in [0.25, 0.3) is 5.78 Å². The van der Waals surface area contributed by atoms with Gasteiger partial charge in [0.05, 0.1) is 6.54 Å². The summed E-state index contributed by atoms with van der Waals surface area (Å²) in [6.07, 6.45) is 1.64. The predicted octanol–water partition coefficient (Wildman–Crippen LogP) is 1.22. The van der Waals surface area contributed by atoms with E-state index < -0.39 is 5.97 Å². The maximum Gasteiger partial charge on any atom is 0.345 e. The summed E-state index contributed by atoms with van der Waals surface area (Å²) >= 11 is 5.78. The van der Waals surface area contributed by atoms with E-state index in [4.69, 9.17) is 16.3 Å². The Morgan fingerprint density at radius 3 is 2.83 bits per heavy atom. The Kier molecular flexibility index (Phi) is 3.83. The molecule has 3 rings (SSSR count). The normalized spacial score (nSPS) is 10.9. The maximum atomic E-state index is 12.0. The van der Waals surface area contributed by atoms with Gasteiger partial charge in [-0.25, -0.2) is 4.98 Å². The molecule has 0 aliphatic heterocycles. The first-order valence-electron chi connectivity index (χ1n) is 6.70. The van der Waals surface area contributed by atoms with Crippen LogP contribution in [-0.4, -0.2) is 30.1 Å². The smallest absolute Gasteiger partial charge is 0.345 e. The van der Waals surface area contributed by atoms with Gasteiger partial charge in [0, 0.05) is 24.9 Å². The molecule has 0 fully saturated rings. The molecule has 9 heteroatoms. The molecule has 23 heavy (non-hydrogen) atoms. The fourth-order valence-corrected chi connectivity index (χ4v) is 2.25. The molecule has 118 valence electrons. The van der Waals surface area contributed by atoms with Crippen LogP contribution in [0.2, 0.25) is 5.15 Å². The average molecular weight is 334 g/mol. The highest BCUT2D eigenvalue weighted by molar-refractivity contribution is 6.29. The number of halogens is 1. The van der Waals surface area contributed by atoms with E-state index in [1.807, 2.05) is 6.07 Å². The van der Waals surface area contributed by atoms with E-state index in [0.717, 1.165) is 10.1 Å². The summed E-state index contributed by atoms with van der Waals surface area (Å²) in [5, 5.41) is 4.30. The lowest BCUT2D eigenvalue weighted by Gasteiger charge is -2.11. The largest absolute Gasteiger partial charge is 0.390 e. The number of hydrogen-bond acceptors (Lipinski definition) is 6. The number of ether oxygens (including phenoxy) is 1. The molecule has 0 spiro atoms. The van der Waals surface area contributed by atoms with E-state index in [9.17, 15) is 9.59 Å². The van der Waals surface area contributed by atoms with Crippen LogP contribution in [0.15, 0.2) is 29.2 Å². The molecule has 0 N–H and O–H groups in total. The highest BCUT2D eigenvalue weighted by Crippen LogP contribution is 2.12. The lowest BCUT2D eigenvalue weighted by molar-refractivity contribution is -0.132. The van der Waals surface area contributed by atoms with Crippen molar-refractivity contribution in [1.82, 2.24) is 24.1 Å². The molecule has 0 saturated heterocycles. The number of pyridine rings is 1. The summed E-state index contributed by atoms with van der Waals surface area (Å²) in [6, 6.07) is 4.78. The van der Waals surface area contributed by atoms with Crippen molar-refractivity contribution in [2.45, 2.75) is 20.4 Å². The highest BCUT2D eigenvalue weighted by Gasteiger charge is 2.14. The van der Waals surface area contributed by atoms with E-state index >= 15 is 0 Å². The topological polar surface area (TPSA) is 91.4 Å². The monoisotopic (exact) mass is 333 g/mol. The first-order valence-corrected chi connectivity index (χ1v) is 7.08. The molecule has 3 heterocycles. The number of nitrogens with zero attached hydrogens (tertiary/aromatic N) is 5. The Labute approximate surface area is 135 Å². The van der Waals surface area contributed by atoms with Crippen molar-refractivity contribution in [1.29, 1.82) is 0 Å². The fraction of sp³-hybridized carbons (Fsp3) is 0.214. The third-order valence-electron chi connectivity index (χ3n) is 3.14. The van der Waals surface area contributed by atoms with E-state index in [-0.39, 0.29) is 17.3 Å². The van der Waals surface area contributed by atoms with Crippen molar-refractivity contribution < 1.29 is 9.53 Å². The van der Waals surface area contributed by atoms with Gasteiger partial charge < -0.3 is 9.30 Å². The van der Waals surface area contributed by atoms with Crippen LogP contribution in [-0.2, 0) is 11.3 Å². The van der Waals surface area contributed by atoms with E-state index in [1.54, 1.807) is 23.8 Å². The van der Waals surface area contributed by atoms with E-state index in [0.29, 0.717) is 17.4 Å². The Morgan fingerprint density at radius 2 is 2.17 bits per heavy atom. The Hall–Kier alpha value is -2.74. The summed E-state index contributed by atoms with van der Waals surface area (Å²) in [7, 11) is 0. The molecule has 3 aromatic rings. The minimum Gasteiger partial charge on any atom is -0.390 e. The number of aromatic nitrogens is 5. The summed E-state index contributed by atoms with van der Waals surface area (Å²) < 4.78 is 7.71. The SMILES string of the molecule is CC(=O)Oc1nc2n(Cc3ccc(Cl)nc3)c(C)cc(=O)n2n1. The van der Waals surface area contributed by atoms with Crippen LogP contribution in [0.4, 0.5) is 0 Å². The van der Waals surface area contributed by atoms with Gasteiger partial charge in [-0.05, 0) is 18.6 Å². The van der Waals surface area contributed by atoms with Gasteiger partial charge in [0.1, 0.15) is 5.15 Å². The minimum atomic E-state index is -0.557. The zero-order valence-corrected chi connectivity index (χ0v) is 13.1. The number of hydrogen-bond donors (Lipinski definition) is 0. The van der Waals surface area contributed by atoms with Crippen molar-refractivity contribution in [2.24, 2.45) is 0 Å². The lowest BCUT2D eigenvalue weighted by Crippen LogP contribution is -2.20. The van der Waals surface area contributed by atoms with Gasteiger partial charge in [0.15, 0.2) is 0 Å². The number of carbonyl (C=O) groups excluding carboxylic acids is 1. The lowest BCUT2D eigenvalue weighted by atomic mass is 10.3. The molecule has 0 aromatic carbocycles. The zero-order valence-electron chi connectivity index (χ0n) is 12.4. The zero-order chi connectivity index (χ0) is 16.6. The molecule has 8 nitrogen and oxygen atoms in total. The van der Waals surface area contributed by atoms with Crippen LogP contribution in [0.5, 0.6) is 6.01 Å². The molecule has 0 amide bonds. The van der Waals surface area contributed by atoms with Crippen LogP contribution in [0, 0.1) is 6.92 Å². The summed E-state index contributed by atoms with van der Waals surface area (Å²) in [5.41, 5.74) is 1.22. The van der Waals surface area contributed by atoms with Gasteiger partial charge in [-0.2, -0.15) is 9.50 Å². The minimum absolute atomic E-state index is 0.164. The van der Waals surface area contributed by atoms with Crippen molar-refractivity contribution in [3.63, 3.8) is 0 Å². The van der Waals surface area contributed by atoms with Crippen molar-refractivity contribution >= 4 is 23.3 Å². The standard InChI is InChI=1S/C14H12ClN5O3/c1-8-5-12(22)20-14(17-13(18-20)23-9(2)21)19(8)7-10-3-4-11(15)16-6-10/h3-6H,7H2,1-2H3. The number of esters is 1. The van der Waals surface area contributed by atoms with Crippen LogP contribution < -0.4 is 10.3 Å². The number of aryl methyl sites for hydroxylation is 1. The predicted molar refractivity (Wildman–Crippen MR) is 81.6 cm³/mol. The van der Waals surface area contributed by atoms with Crippen molar-refractivity contribution in [2.75, 3.05) is 0 Å². The summed E-state index contributed by atoms with van der Waals surface area (Å²) in [5.74, 6) is -0.278. The average Bonchev–Trinajstić information content (AvgIpc) is 2.88. The second-order valence-electron chi connectivity index (χ2n) is 4.90. The Balaban J connectivity index is 2.11. The van der Waals surface area contributed by atoms with Gasteiger partial charge >= 0.3 is 12.0 Å².